The summed E-state index contributed by atoms with van der Waals surface area (Å²) in [5.41, 5.74) is -0.275. The van der Waals surface area contributed by atoms with Crippen molar-refractivity contribution in [3.8, 4) is 0 Å². The molecule has 0 rings (SSSR count). The van der Waals surface area contributed by atoms with Crippen LogP contribution in [0.4, 0.5) is 0 Å². The first kappa shape index (κ1) is 15.9. The number of methoxy groups -OCH3 is 3. The number of hydrogen-bond acceptors (Lipinski definition) is 6. The standard InChI is InChI=1S/C7H10O5.C2H6O/c1-10-4-5(6(8)11-2)7(9)12-3;1-2-3/h4H,1-3H3;3H,2H2,1H3. The van der Waals surface area contributed by atoms with Crippen LogP contribution < -0.4 is 0 Å². The molecule has 0 atom stereocenters. The molecule has 0 spiro atoms. The summed E-state index contributed by atoms with van der Waals surface area (Å²) in [6.45, 7) is 1.93. The van der Waals surface area contributed by atoms with E-state index in [1.165, 1.54) is 7.11 Å². The maximum absolute atomic E-state index is 10.8. The molecule has 0 heterocycles. The van der Waals surface area contributed by atoms with Crippen LogP contribution in [0.3, 0.4) is 0 Å². The fourth-order valence-electron chi connectivity index (χ4n) is 0.517. The summed E-state index contributed by atoms with van der Waals surface area (Å²) < 4.78 is 13.1. The molecule has 0 bridgehead atoms. The van der Waals surface area contributed by atoms with Crippen LogP contribution in [0, 0.1) is 0 Å². The summed E-state index contributed by atoms with van der Waals surface area (Å²) in [7, 11) is 3.63. The molecular formula is C9H16O6. The first-order chi connectivity index (χ1) is 7.08. The zero-order valence-corrected chi connectivity index (χ0v) is 9.27. The molecule has 1 N–H and O–H groups in total. The number of aliphatic hydroxyl groups excluding tert-OH is 1. The van der Waals surface area contributed by atoms with Gasteiger partial charge in [-0.15, -0.1) is 0 Å². The van der Waals surface area contributed by atoms with Crippen LogP contribution in [0.2, 0.25) is 0 Å². The van der Waals surface area contributed by atoms with Crippen molar-refractivity contribution in [2.75, 3.05) is 27.9 Å². The zero-order valence-electron chi connectivity index (χ0n) is 9.27. The van der Waals surface area contributed by atoms with Gasteiger partial charge in [-0.2, -0.15) is 0 Å². The summed E-state index contributed by atoms with van der Waals surface area (Å²) in [6.07, 6.45) is 0.970. The van der Waals surface area contributed by atoms with Gasteiger partial charge in [-0.05, 0) is 6.92 Å². The maximum Gasteiger partial charge on any atom is 0.348 e. The quantitative estimate of drug-likeness (QED) is 0.234. The molecule has 88 valence electrons. The van der Waals surface area contributed by atoms with E-state index in [0.717, 1.165) is 20.5 Å². The highest BCUT2D eigenvalue weighted by molar-refractivity contribution is 6.13. The fourth-order valence-corrected chi connectivity index (χ4v) is 0.517. The van der Waals surface area contributed by atoms with Gasteiger partial charge >= 0.3 is 11.9 Å². The minimum absolute atomic E-state index is 0.250. The van der Waals surface area contributed by atoms with Gasteiger partial charge in [-0.1, -0.05) is 0 Å². The zero-order chi connectivity index (χ0) is 12.3. The van der Waals surface area contributed by atoms with Gasteiger partial charge in [0.1, 0.15) is 6.26 Å². The molecule has 0 amide bonds. The van der Waals surface area contributed by atoms with Crippen molar-refractivity contribution in [1.29, 1.82) is 0 Å². The van der Waals surface area contributed by atoms with E-state index in [1.807, 2.05) is 0 Å². The fraction of sp³-hybridized carbons (Fsp3) is 0.556. The lowest BCUT2D eigenvalue weighted by molar-refractivity contribution is -0.144. The number of hydrogen-bond donors (Lipinski definition) is 1. The normalized spacial score (nSPS) is 7.80. The Kier molecular flexibility index (Phi) is 11.1. The highest BCUT2D eigenvalue weighted by atomic mass is 16.5. The Bertz CT molecular complexity index is 203. The second-order valence-corrected chi connectivity index (χ2v) is 2.07. The molecule has 0 aliphatic heterocycles. The van der Waals surface area contributed by atoms with Crippen LogP contribution in [-0.2, 0) is 23.8 Å². The van der Waals surface area contributed by atoms with Gasteiger partial charge in [0.2, 0.25) is 0 Å². The minimum atomic E-state index is -0.788. The van der Waals surface area contributed by atoms with Crippen molar-refractivity contribution in [3.05, 3.63) is 11.8 Å². The number of aliphatic hydroxyl groups is 1. The largest absolute Gasteiger partial charge is 0.503 e. The Balaban J connectivity index is 0. The Hall–Kier alpha value is -1.56. The van der Waals surface area contributed by atoms with E-state index in [1.54, 1.807) is 6.92 Å². The average molecular weight is 220 g/mol. The van der Waals surface area contributed by atoms with Crippen molar-refractivity contribution in [2.45, 2.75) is 6.92 Å². The molecule has 6 nitrogen and oxygen atoms in total. The monoisotopic (exact) mass is 220 g/mol. The molecule has 6 heteroatoms. The lowest BCUT2D eigenvalue weighted by atomic mass is 10.3. The number of rotatable bonds is 3. The first-order valence-corrected chi connectivity index (χ1v) is 4.09. The van der Waals surface area contributed by atoms with Crippen LogP contribution in [0.1, 0.15) is 6.92 Å². The van der Waals surface area contributed by atoms with Gasteiger partial charge in [0.05, 0.1) is 21.3 Å². The molecule has 0 aromatic heterocycles. The van der Waals surface area contributed by atoms with E-state index in [9.17, 15) is 9.59 Å². The van der Waals surface area contributed by atoms with Gasteiger partial charge in [0.15, 0.2) is 5.57 Å². The maximum atomic E-state index is 10.8. The van der Waals surface area contributed by atoms with E-state index in [2.05, 4.69) is 14.2 Å². The molecule has 0 unspecified atom stereocenters. The molecule has 0 saturated heterocycles. The summed E-state index contributed by atoms with van der Waals surface area (Å²) in [5.74, 6) is -1.58. The Morgan fingerprint density at radius 2 is 1.47 bits per heavy atom. The van der Waals surface area contributed by atoms with E-state index >= 15 is 0 Å². The molecule has 15 heavy (non-hydrogen) atoms. The molecule has 0 aliphatic rings. The molecule has 0 saturated carbocycles. The highest BCUT2D eigenvalue weighted by Gasteiger charge is 2.19. The van der Waals surface area contributed by atoms with Gasteiger partial charge in [-0.3, -0.25) is 0 Å². The van der Waals surface area contributed by atoms with Crippen LogP contribution in [-0.4, -0.2) is 45.0 Å². The highest BCUT2D eigenvalue weighted by Crippen LogP contribution is 1.99. The molecular weight excluding hydrogens is 204 g/mol. The third-order valence-corrected chi connectivity index (χ3v) is 1.05. The van der Waals surface area contributed by atoms with Crippen molar-refractivity contribution in [3.63, 3.8) is 0 Å². The van der Waals surface area contributed by atoms with Crippen LogP contribution in [0.25, 0.3) is 0 Å². The molecule has 0 aromatic rings. The van der Waals surface area contributed by atoms with Gasteiger partial charge in [-0.25, -0.2) is 9.59 Å². The number of ether oxygens (including phenoxy) is 3. The van der Waals surface area contributed by atoms with Gasteiger partial charge in [0.25, 0.3) is 0 Å². The SMILES string of the molecule is CCO.COC=C(C(=O)OC)C(=O)OC. The minimum Gasteiger partial charge on any atom is -0.503 e. The van der Waals surface area contributed by atoms with Crippen LogP contribution >= 0.6 is 0 Å². The number of esters is 2. The molecule has 0 aliphatic carbocycles. The summed E-state index contributed by atoms with van der Waals surface area (Å²) in [6, 6.07) is 0. The topological polar surface area (TPSA) is 82.1 Å². The molecule has 0 radical (unpaired) electrons. The lowest BCUT2D eigenvalue weighted by Gasteiger charge is -2.01. The summed E-state index contributed by atoms with van der Waals surface area (Å²) in [4.78, 5) is 21.7. The van der Waals surface area contributed by atoms with Crippen molar-refractivity contribution >= 4 is 11.9 Å². The molecule has 0 fully saturated rings. The van der Waals surface area contributed by atoms with Crippen molar-refractivity contribution < 1.29 is 28.9 Å². The number of carbonyl (C=O) groups is 2. The van der Waals surface area contributed by atoms with Crippen LogP contribution in [0.5, 0.6) is 0 Å². The first-order valence-electron chi connectivity index (χ1n) is 4.09. The van der Waals surface area contributed by atoms with Crippen molar-refractivity contribution in [1.82, 2.24) is 0 Å². The second kappa shape index (κ2) is 10.5. The van der Waals surface area contributed by atoms with E-state index in [0.29, 0.717) is 0 Å². The third kappa shape index (κ3) is 7.51. The van der Waals surface area contributed by atoms with Crippen LogP contribution in [0.15, 0.2) is 11.8 Å². The third-order valence-electron chi connectivity index (χ3n) is 1.05. The second-order valence-electron chi connectivity index (χ2n) is 2.07. The van der Waals surface area contributed by atoms with Gasteiger partial charge < -0.3 is 19.3 Å². The lowest BCUT2D eigenvalue weighted by Crippen LogP contribution is -2.15. The van der Waals surface area contributed by atoms with E-state index < -0.39 is 11.9 Å². The Labute approximate surface area is 88.4 Å². The predicted octanol–water partition coefficient (Wildman–Crippen LogP) is -0.139. The molecule has 0 aromatic carbocycles. The average Bonchev–Trinajstić information content (AvgIpc) is 2.25. The van der Waals surface area contributed by atoms with E-state index in [4.69, 9.17) is 5.11 Å². The predicted molar refractivity (Wildman–Crippen MR) is 51.9 cm³/mol. The summed E-state index contributed by atoms with van der Waals surface area (Å²) >= 11 is 0. The summed E-state index contributed by atoms with van der Waals surface area (Å²) in [5, 5.41) is 7.57. The smallest absolute Gasteiger partial charge is 0.348 e. The van der Waals surface area contributed by atoms with Crippen molar-refractivity contribution in [2.24, 2.45) is 0 Å². The Morgan fingerprint density at radius 1 is 1.13 bits per heavy atom. The van der Waals surface area contributed by atoms with Gasteiger partial charge in [0, 0.05) is 6.61 Å². The number of carbonyl (C=O) groups excluding carboxylic acids is 2. The Morgan fingerprint density at radius 3 is 1.67 bits per heavy atom. The van der Waals surface area contributed by atoms with E-state index in [-0.39, 0.29) is 12.2 Å².